The third-order valence-corrected chi connectivity index (χ3v) is 4.01. The fourth-order valence-electron chi connectivity index (χ4n) is 1.62. The van der Waals surface area contributed by atoms with Crippen LogP contribution in [-0.4, -0.2) is 37.9 Å². The smallest absolute Gasteiger partial charge is 0.151 e. The molecule has 1 aliphatic heterocycles. The Balaban J connectivity index is 2.71. The van der Waals surface area contributed by atoms with Crippen LogP contribution in [0.3, 0.4) is 0 Å². The van der Waals surface area contributed by atoms with E-state index in [-0.39, 0.29) is 30.5 Å². The number of hydrogen-bond donors (Lipinski definition) is 0. The van der Waals surface area contributed by atoms with Crippen LogP contribution < -0.4 is 0 Å². The lowest BCUT2D eigenvalue weighted by Gasteiger charge is -2.33. The Morgan fingerprint density at radius 2 is 1.79 bits per heavy atom. The van der Waals surface area contributed by atoms with E-state index in [0.717, 1.165) is 6.29 Å². The fraction of sp³-hybridized carbons (Fsp3) is 0.889. The summed E-state index contributed by atoms with van der Waals surface area (Å²) in [7, 11) is -2.94. The Morgan fingerprint density at radius 1 is 1.29 bits per heavy atom. The third kappa shape index (κ3) is 2.78. The van der Waals surface area contributed by atoms with Crippen molar-refractivity contribution in [2.45, 2.75) is 38.4 Å². The molecule has 0 aromatic heterocycles. The molecule has 0 unspecified atom stereocenters. The van der Waals surface area contributed by atoms with Crippen molar-refractivity contribution >= 4 is 16.1 Å². The molecule has 0 saturated carbocycles. The van der Waals surface area contributed by atoms with Gasteiger partial charge in [0.05, 0.1) is 17.6 Å². The maximum Gasteiger partial charge on any atom is 0.151 e. The van der Waals surface area contributed by atoms with Gasteiger partial charge in [-0.3, -0.25) is 0 Å². The van der Waals surface area contributed by atoms with E-state index in [2.05, 4.69) is 0 Å². The summed E-state index contributed by atoms with van der Waals surface area (Å²) < 4.78 is 27.8. The third-order valence-electron chi connectivity index (χ3n) is 2.36. The highest BCUT2D eigenvalue weighted by molar-refractivity contribution is 7.91. The van der Waals surface area contributed by atoms with Gasteiger partial charge in [0.15, 0.2) is 16.1 Å². The second kappa shape index (κ2) is 3.98. The van der Waals surface area contributed by atoms with Crippen molar-refractivity contribution in [3.8, 4) is 0 Å². The largest absolute Gasteiger partial charge is 0.365 e. The normalized spacial score (nSPS) is 24.8. The number of sulfone groups is 1. The molecule has 0 radical (unpaired) electrons. The minimum Gasteiger partial charge on any atom is -0.365 e. The molecule has 4 nitrogen and oxygen atoms in total. The van der Waals surface area contributed by atoms with Crippen LogP contribution in [0.4, 0.5) is 0 Å². The predicted molar refractivity (Wildman–Crippen MR) is 52.9 cm³/mol. The number of carbonyl (C=O) groups excluding carboxylic acids is 1. The molecule has 0 amide bonds. The highest BCUT2D eigenvalue weighted by Gasteiger charge is 2.38. The van der Waals surface area contributed by atoms with Crippen LogP contribution >= 0.6 is 0 Å². The first-order valence-electron chi connectivity index (χ1n) is 4.74. The van der Waals surface area contributed by atoms with Crippen LogP contribution in [0.1, 0.15) is 26.7 Å². The first-order chi connectivity index (χ1) is 6.39. The molecule has 0 bridgehead atoms. The van der Waals surface area contributed by atoms with Crippen molar-refractivity contribution in [2.24, 2.45) is 0 Å². The molecule has 0 aromatic carbocycles. The van der Waals surface area contributed by atoms with E-state index in [9.17, 15) is 13.2 Å². The van der Waals surface area contributed by atoms with Gasteiger partial charge in [-0.05, 0) is 26.7 Å². The van der Waals surface area contributed by atoms with Crippen LogP contribution in [0.5, 0.6) is 0 Å². The maximum atomic E-state index is 11.2. The average Bonchev–Trinajstić information content (AvgIpc) is 2.09. The van der Waals surface area contributed by atoms with E-state index in [1.165, 1.54) is 0 Å². The zero-order valence-electron chi connectivity index (χ0n) is 8.52. The van der Waals surface area contributed by atoms with Crippen molar-refractivity contribution < 1.29 is 17.9 Å². The standard InChI is InChI=1S/C9H16O4S/c1-8(2)13-9(7-10)3-5-14(11,12)6-4-9/h7-8H,3-6H2,1-2H3. The SMILES string of the molecule is CC(C)OC1(C=O)CCS(=O)(=O)CC1. The van der Waals surface area contributed by atoms with E-state index in [1.54, 1.807) is 0 Å². The van der Waals surface area contributed by atoms with Crippen molar-refractivity contribution in [1.29, 1.82) is 0 Å². The number of ether oxygens (including phenoxy) is 1. The molecule has 0 N–H and O–H groups in total. The van der Waals surface area contributed by atoms with Gasteiger partial charge in [0.2, 0.25) is 0 Å². The molecule has 1 fully saturated rings. The molecule has 0 aliphatic carbocycles. The summed E-state index contributed by atoms with van der Waals surface area (Å²) in [6.07, 6.45) is 1.27. The first kappa shape index (κ1) is 11.7. The Morgan fingerprint density at radius 3 is 2.14 bits per heavy atom. The van der Waals surface area contributed by atoms with Gasteiger partial charge in [-0.2, -0.15) is 0 Å². The van der Waals surface area contributed by atoms with Crippen LogP contribution in [0.2, 0.25) is 0 Å². The highest BCUT2D eigenvalue weighted by Crippen LogP contribution is 2.26. The molecule has 0 aromatic rings. The summed E-state index contributed by atoms with van der Waals surface area (Å²) in [6, 6.07) is 0. The lowest BCUT2D eigenvalue weighted by molar-refractivity contribution is -0.139. The monoisotopic (exact) mass is 220 g/mol. The van der Waals surface area contributed by atoms with Gasteiger partial charge in [0.1, 0.15) is 5.60 Å². The number of aldehydes is 1. The molecule has 0 atom stereocenters. The lowest BCUT2D eigenvalue weighted by atomic mass is 9.98. The zero-order chi connectivity index (χ0) is 10.8. The van der Waals surface area contributed by atoms with Gasteiger partial charge in [-0.25, -0.2) is 8.42 Å². The molecule has 5 heteroatoms. The molecule has 14 heavy (non-hydrogen) atoms. The molecule has 1 saturated heterocycles. The summed E-state index contributed by atoms with van der Waals surface area (Å²) in [4.78, 5) is 10.9. The topological polar surface area (TPSA) is 60.4 Å². The number of hydrogen-bond acceptors (Lipinski definition) is 4. The van der Waals surface area contributed by atoms with Crippen molar-refractivity contribution in [3.05, 3.63) is 0 Å². The maximum absolute atomic E-state index is 11.2. The van der Waals surface area contributed by atoms with Gasteiger partial charge < -0.3 is 9.53 Å². The zero-order valence-corrected chi connectivity index (χ0v) is 9.34. The Kier molecular flexibility index (Phi) is 3.32. The molecule has 1 aliphatic rings. The molecular weight excluding hydrogens is 204 g/mol. The van der Waals surface area contributed by atoms with Gasteiger partial charge in [-0.1, -0.05) is 0 Å². The summed E-state index contributed by atoms with van der Waals surface area (Å²) in [6.45, 7) is 3.68. The van der Waals surface area contributed by atoms with Crippen LogP contribution in [-0.2, 0) is 19.4 Å². The Labute approximate surface area is 84.6 Å². The van der Waals surface area contributed by atoms with Crippen LogP contribution in [0.15, 0.2) is 0 Å². The Hall–Kier alpha value is -0.420. The molecule has 1 rings (SSSR count). The van der Waals surface area contributed by atoms with Gasteiger partial charge in [-0.15, -0.1) is 0 Å². The minimum absolute atomic E-state index is 0.0540. The van der Waals surface area contributed by atoms with E-state index in [4.69, 9.17) is 4.74 Å². The van der Waals surface area contributed by atoms with E-state index in [1.807, 2.05) is 13.8 Å². The minimum atomic E-state index is -2.94. The predicted octanol–water partition coefficient (Wildman–Crippen LogP) is 0.558. The molecule has 1 heterocycles. The van der Waals surface area contributed by atoms with Crippen LogP contribution in [0.25, 0.3) is 0 Å². The van der Waals surface area contributed by atoms with Crippen molar-refractivity contribution in [1.82, 2.24) is 0 Å². The number of rotatable bonds is 3. The summed E-state index contributed by atoms with van der Waals surface area (Å²) >= 11 is 0. The van der Waals surface area contributed by atoms with Crippen molar-refractivity contribution in [2.75, 3.05) is 11.5 Å². The van der Waals surface area contributed by atoms with E-state index < -0.39 is 15.4 Å². The highest BCUT2D eigenvalue weighted by atomic mass is 32.2. The first-order valence-corrected chi connectivity index (χ1v) is 6.56. The lowest BCUT2D eigenvalue weighted by Crippen LogP contribution is -2.44. The molecular formula is C9H16O4S. The molecule has 0 spiro atoms. The molecule has 82 valence electrons. The second-order valence-electron chi connectivity index (χ2n) is 4.00. The summed E-state index contributed by atoms with van der Waals surface area (Å²) in [5.74, 6) is 0.108. The summed E-state index contributed by atoms with van der Waals surface area (Å²) in [5, 5.41) is 0. The van der Waals surface area contributed by atoms with Crippen LogP contribution in [0, 0.1) is 0 Å². The fourth-order valence-corrected chi connectivity index (χ4v) is 3.13. The average molecular weight is 220 g/mol. The van der Waals surface area contributed by atoms with Gasteiger partial charge in [0, 0.05) is 0 Å². The summed E-state index contributed by atoms with van der Waals surface area (Å²) in [5.41, 5.74) is -0.862. The van der Waals surface area contributed by atoms with E-state index in [0.29, 0.717) is 0 Å². The van der Waals surface area contributed by atoms with Gasteiger partial charge >= 0.3 is 0 Å². The Bertz CT molecular complexity index is 291. The quantitative estimate of drug-likeness (QED) is 0.652. The van der Waals surface area contributed by atoms with E-state index >= 15 is 0 Å². The van der Waals surface area contributed by atoms with Crippen molar-refractivity contribution in [3.63, 3.8) is 0 Å². The number of carbonyl (C=O) groups is 1. The van der Waals surface area contributed by atoms with Gasteiger partial charge in [0.25, 0.3) is 0 Å². The second-order valence-corrected chi connectivity index (χ2v) is 6.30.